The number of imide groups is 1. The normalized spacial score (nSPS) is 32.8. The van der Waals surface area contributed by atoms with E-state index >= 15 is 0 Å². The van der Waals surface area contributed by atoms with Gasteiger partial charge in [0.05, 0.1) is 11.8 Å². The van der Waals surface area contributed by atoms with E-state index in [0.717, 1.165) is 23.4 Å². The molecule has 0 aromatic heterocycles. The van der Waals surface area contributed by atoms with E-state index in [1.165, 1.54) is 4.90 Å². The van der Waals surface area contributed by atoms with Gasteiger partial charge in [-0.3, -0.25) is 24.6 Å². The van der Waals surface area contributed by atoms with Crippen molar-refractivity contribution in [2.75, 3.05) is 17.3 Å². The van der Waals surface area contributed by atoms with Gasteiger partial charge in [-0.2, -0.15) is 11.8 Å². The zero-order valence-corrected chi connectivity index (χ0v) is 16.6. The fraction of sp³-hybridized carbons (Fsp3) is 0.550. The average Bonchev–Trinajstić information content (AvgIpc) is 3.24. The largest absolute Gasteiger partial charge is 0.324 e. The van der Waals surface area contributed by atoms with Crippen molar-refractivity contribution in [2.24, 2.45) is 11.8 Å². The van der Waals surface area contributed by atoms with Crippen LogP contribution in [0.25, 0.3) is 0 Å². The number of rotatable bonds is 5. The summed E-state index contributed by atoms with van der Waals surface area (Å²) in [6.45, 7) is 3.87. The van der Waals surface area contributed by atoms with Crippen LogP contribution in [0, 0.1) is 11.8 Å². The first kappa shape index (κ1) is 18.5. The fourth-order valence-corrected chi connectivity index (χ4v) is 5.38. The fourth-order valence-electron chi connectivity index (χ4n) is 4.89. The lowest BCUT2D eigenvalue weighted by Gasteiger charge is -2.31. The number of thioether (sulfide) groups is 1. The maximum absolute atomic E-state index is 13.4. The molecule has 3 amide bonds. The Kier molecular flexibility index (Phi) is 4.55. The first-order chi connectivity index (χ1) is 13.0. The van der Waals surface area contributed by atoms with Gasteiger partial charge in [0, 0.05) is 23.3 Å². The predicted molar refractivity (Wildman–Crippen MR) is 105 cm³/mol. The molecular formula is C20H25N3O3S. The van der Waals surface area contributed by atoms with Gasteiger partial charge in [0.15, 0.2) is 0 Å². The third kappa shape index (κ3) is 2.41. The van der Waals surface area contributed by atoms with Crippen molar-refractivity contribution in [2.45, 2.75) is 44.3 Å². The Bertz CT molecular complexity index is 813. The zero-order valence-electron chi connectivity index (χ0n) is 15.8. The molecule has 7 heteroatoms. The quantitative estimate of drug-likeness (QED) is 0.755. The van der Waals surface area contributed by atoms with Gasteiger partial charge in [0.2, 0.25) is 17.7 Å². The molecule has 5 atom stereocenters. The molecule has 2 N–H and O–H groups in total. The summed E-state index contributed by atoms with van der Waals surface area (Å²) in [5.41, 5.74) is 0.351. The highest BCUT2D eigenvalue weighted by Crippen LogP contribution is 2.53. The molecule has 3 heterocycles. The van der Waals surface area contributed by atoms with E-state index in [9.17, 15) is 14.4 Å². The predicted octanol–water partition coefficient (Wildman–Crippen LogP) is 1.96. The zero-order chi connectivity index (χ0) is 19.3. The van der Waals surface area contributed by atoms with Gasteiger partial charge in [-0.05, 0) is 37.8 Å². The monoisotopic (exact) mass is 387 g/mol. The Balaban J connectivity index is 1.84. The van der Waals surface area contributed by atoms with Crippen molar-refractivity contribution >= 4 is 35.2 Å². The van der Waals surface area contributed by atoms with Crippen molar-refractivity contribution in [3.63, 3.8) is 0 Å². The van der Waals surface area contributed by atoms with Crippen LogP contribution in [0.1, 0.15) is 32.3 Å². The first-order valence-corrected chi connectivity index (χ1v) is 10.9. The molecule has 0 bridgehead atoms. The standard InChI is InChI=1S/C20H25N3O3S/c1-4-11(2)23-17(24)15-14(9-10-27-3)22-20(16(15)18(23)25)12-7-5-6-8-13(12)21-19(20)26/h5-8,11,14-16,22H,4,9-10H2,1-3H3,(H,21,26)/t11-,14-,15-,16+,20+/m1/s1. The molecule has 1 aromatic carbocycles. The second-order valence-corrected chi connectivity index (χ2v) is 8.63. The van der Waals surface area contributed by atoms with Gasteiger partial charge in [0.25, 0.3) is 0 Å². The Morgan fingerprint density at radius 1 is 1.22 bits per heavy atom. The topological polar surface area (TPSA) is 78.5 Å². The second kappa shape index (κ2) is 6.63. The highest BCUT2D eigenvalue weighted by molar-refractivity contribution is 7.98. The number of nitrogens with one attached hydrogen (secondary N) is 2. The van der Waals surface area contributed by atoms with Crippen LogP contribution in [0.2, 0.25) is 0 Å². The average molecular weight is 388 g/mol. The smallest absolute Gasteiger partial charge is 0.250 e. The summed E-state index contributed by atoms with van der Waals surface area (Å²) < 4.78 is 0. The SMILES string of the molecule is CC[C@@H](C)N1C(=O)[C@H]2[C@@H](C1=O)[C@]1(N[C@@H]2CCSC)C(=O)Nc2ccccc21. The van der Waals surface area contributed by atoms with E-state index < -0.39 is 17.4 Å². The summed E-state index contributed by atoms with van der Waals surface area (Å²) in [7, 11) is 0. The number of likely N-dealkylation sites (tertiary alicyclic amines) is 1. The molecule has 2 saturated heterocycles. The molecule has 0 saturated carbocycles. The number of anilines is 1. The minimum Gasteiger partial charge on any atom is -0.324 e. The first-order valence-electron chi connectivity index (χ1n) is 9.51. The van der Waals surface area contributed by atoms with E-state index in [0.29, 0.717) is 6.42 Å². The van der Waals surface area contributed by atoms with Crippen molar-refractivity contribution < 1.29 is 14.4 Å². The Morgan fingerprint density at radius 3 is 2.67 bits per heavy atom. The van der Waals surface area contributed by atoms with Crippen LogP contribution in [0.15, 0.2) is 24.3 Å². The van der Waals surface area contributed by atoms with E-state index in [1.54, 1.807) is 11.8 Å². The Labute approximate surface area is 163 Å². The van der Waals surface area contributed by atoms with Gasteiger partial charge in [-0.1, -0.05) is 25.1 Å². The molecule has 1 spiro atoms. The number of fused-ring (bicyclic) bond motifs is 4. The molecule has 6 nitrogen and oxygen atoms in total. The van der Waals surface area contributed by atoms with Crippen molar-refractivity contribution in [1.82, 2.24) is 10.2 Å². The number of carbonyl (C=O) groups excluding carboxylic acids is 3. The van der Waals surface area contributed by atoms with Crippen LogP contribution < -0.4 is 10.6 Å². The van der Waals surface area contributed by atoms with E-state index in [1.807, 2.05) is 44.4 Å². The van der Waals surface area contributed by atoms with Gasteiger partial charge < -0.3 is 5.32 Å². The van der Waals surface area contributed by atoms with Gasteiger partial charge in [0.1, 0.15) is 5.54 Å². The summed E-state index contributed by atoms with van der Waals surface area (Å²) in [5.74, 6) is -0.884. The summed E-state index contributed by atoms with van der Waals surface area (Å²) in [5, 5.41) is 6.38. The highest BCUT2D eigenvalue weighted by atomic mass is 32.2. The Morgan fingerprint density at radius 2 is 1.96 bits per heavy atom. The van der Waals surface area contributed by atoms with Crippen LogP contribution in [-0.2, 0) is 19.9 Å². The van der Waals surface area contributed by atoms with Crippen LogP contribution in [0.4, 0.5) is 5.69 Å². The van der Waals surface area contributed by atoms with Crippen molar-refractivity contribution in [3.05, 3.63) is 29.8 Å². The maximum Gasteiger partial charge on any atom is 0.250 e. The highest BCUT2D eigenvalue weighted by Gasteiger charge is 2.70. The molecule has 3 aliphatic heterocycles. The van der Waals surface area contributed by atoms with E-state index in [-0.39, 0.29) is 29.8 Å². The maximum atomic E-state index is 13.4. The molecule has 144 valence electrons. The molecule has 2 fully saturated rings. The number of benzene rings is 1. The van der Waals surface area contributed by atoms with Gasteiger partial charge >= 0.3 is 0 Å². The van der Waals surface area contributed by atoms with Crippen molar-refractivity contribution in [3.8, 4) is 0 Å². The molecule has 4 rings (SSSR count). The Hall–Kier alpha value is -1.86. The van der Waals surface area contributed by atoms with E-state index in [2.05, 4.69) is 10.6 Å². The molecule has 0 radical (unpaired) electrons. The molecule has 1 aromatic rings. The van der Waals surface area contributed by atoms with Crippen molar-refractivity contribution in [1.29, 1.82) is 0 Å². The summed E-state index contributed by atoms with van der Waals surface area (Å²) in [6.07, 6.45) is 3.47. The summed E-state index contributed by atoms with van der Waals surface area (Å²) in [4.78, 5) is 41.2. The third-order valence-corrected chi connectivity index (χ3v) is 6.97. The minimum absolute atomic E-state index is 0.132. The van der Waals surface area contributed by atoms with Crippen LogP contribution in [-0.4, -0.2) is 46.7 Å². The number of hydrogen-bond donors (Lipinski definition) is 2. The minimum atomic E-state index is -1.15. The molecule has 0 aliphatic carbocycles. The lowest BCUT2D eigenvalue weighted by Crippen LogP contribution is -2.54. The lowest BCUT2D eigenvalue weighted by atomic mass is 9.76. The summed E-state index contributed by atoms with van der Waals surface area (Å²) >= 11 is 1.70. The molecule has 27 heavy (non-hydrogen) atoms. The van der Waals surface area contributed by atoms with Gasteiger partial charge in [-0.15, -0.1) is 0 Å². The molecule has 3 aliphatic rings. The van der Waals surface area contributed by atoms with Crippen LogP contribution >= 0.6 is 11.8 Å². The number of amides is 3. The number of nitrogens with zero attached hydrogens (tertiary/aromatic N) is 1. The van der Waals surface area contributed by atoms with Crippen LogP contribution in [0.5, 0.6) is 0 Å². The molecular weight excluding hydrogens is 362 g/mol. The number of hydrogen-bond acceptors (Lipinski definition) is 5. The number of para-hydroxylation sites is 1. The third-order valence-electron chi connectivity index (χ3n) is 6.32. The van der Waals surface area contributed by atoms with E-state index in [4.69, 9.17) is 0 Å². The second-order valence-electron chi connectivity index (χ2n) is 7.65. The number of carbonyl (C=O) groups is 3. The molecule has 0 unspecified atom stereocenters. The summed E-state index contributed by atoms with van der Waals surface area (Å²) in [6, 6.07) is 7.13. The van der Waals surface area contributed by atoms with Crippen LogP contribution in [0.3, 0.4) is 0 Å². The van der Waals surface area contributed by atoms with Gasteiger partial charge in [-0.25, -0.2) is 0 Å². The lowest BCUT2D eigenvalue weighted by molar-refractivity contribution is -0.145.